The van der Waals surface area contributed by atoms with Crippen molar-refractivity contribution in [3.8, 4) is 16.9 Å². The van der Waals surface area contributed by atoms with Gasteiger partial charge in [-0.3, -0.25) is 0 Å². The van der Waals surface area contributed by atoms with Crippen LogP contribution in [0.1, 0.15) is 26.3 Å². The highest BCUT2D eigenvalue weighted by molar-refractivity contribution is 5.78. The van der Waals surface area contributed by atoms with Crippen molar-refractivity contribution in [3.63, 3.8) is 0 Å². The molecule has 0 radical (unpaired) electrons. The fourth-order valence-corrected chi connectivity index (χ4v) is 2.08. The first-order valence-electron chi connectivity index (χ1n) is 6.26. The minimum Gasteiger partial charge on any atom is -0.410 e. The Labute approximate surface area is 117 Å². The number of nitrogens with zero attached hydrogens (tertiary/aromatic N) is 2. The maximum Gasteiger partial charge on any atom is 0.409 e. The van der Waals surface area contributed by atoms with E-state index < -0.39 is 6.09 Å². The van der Waals surface area contributed by atoms with Gasteiger partial charge in [-0.1, -0.05) is 32.9 Å². The van der Waals surface area contributed by atoms with Crippen molar-refractivity contribution in [1.82, 2.24) is 9.97 Å². The molecule has 1 aromatic carbocycles. The van der Waals surface area contributed by atoms with Crippen LogP contribution in [0.15, 0.2) is 36.9 Å². The Kier molecular flexibility index (Phi) is 3.70. The number of rotatable bonds is 2. The Balaban J connectivity index is 2.69. The first-order chi connectivity index (χ1) is 9.39. The molecule has 0 fully saturated rings. The molecule has 0 saturated carbocycles. The molecule has 2 N–H and O–H groups in total. The average Bonchev–Trinajstić information content (AvgIpc) is 2.38. The third-order valence-electron chi connectivity index (χ3n) is 2.89. The Morgan fingerprint density at radius 1 is 1.20 bits per heavy atom. The summed E-state index contributed by atoms with van der Waals surface area (Å²) in [5.74, 6) is 0.416. The second-order valence-corrected chi connectivity index (χ2v) is 5.48. The highest BCUT2D eigenvalue weighted by Gasteiger charge is 2.22. The van der Waals surface area contributed by atoms with E-state index in [1.54, 1.807) is 18.5 Å². The number of ether oxygens (including phenoxy) is 1. The van der Waals surface area contributed by atoms with Crippen LogP contribution in [-0.2, 0) is 5.41 Å². The second-order valence-electron chi connectivity index (χ2n) is 5.48. The van der Waals surface area contributed by atoms with Gasteiger partial charge in [-0.15, -0.1) is 0 Å². The van der Waals surface area contributed by atoms with Crippen molar-refractivity contribution < 1.29 is 9.53 Å². The Bertz CT molecular complexity index is 619. The predicted octanol–water partition coefficient (Wildman–Crippen LogP) is 2.90. The first kappa shape index (κ1) is 14.0. The molecule has 1 heterocycles. The predicted molar refractivity (Wildman–Crippen MR) is 76.4 cm³/mol. The number of benzene rings is 1. The van der Waals surface area contributed by atoms with Crippen LogP contribution in [-0.4, -0.2) is 16.1 Å². The molecule has 0 aliphatic rings. The monoisotopic (exact) mass is 271 g/mol. The van der Waals surface area contributed by atoms with E-state index in [9.17, 15) is 4.79 Å². The molecule has 2 rings (SSSR count). The summed E-state index contributed by atoms with van der Waals surface area (Å²) in [6.07, 6.45) is 3.99. The summed E-state index contributed by atoms with van der Waals surface area (Å²) in [5.41, 5.74) is 7.63. The van der Waals surface area contributed by atoms with Gasteiger partial charge in [-0.25, -0.2) is 14.8 Å². The highest BCUT2D eigenvalue weighted by Crippen LogP contribution is 2.38. The lowest BCUT2D eigenvalue weighted by molar-refractivity contribution is 0.211. The quantitative estimate of drug-likeness (QED) is 0.910. The molecule has 5 nitrogen and oxygen atoms in total. The molecule has 2 aromatic rings. The van der Waals surface area contributed by atoms with Crippen LogP contribution in [0.5, 0.6) is 5.75 Å². The molecule has 0 aliphatic heterocycles. The van der Waals surface area contributed by atoms with Crippen LogP contribution in [0.4, 0.5) is 4.79 Å². The lowest BCUT2D eigenvalue weighted by atomic mass is 9.82. The van der Waals surface area contributed by atoms with E-state index in [4.69, 9.17) is 10.5 Å². The molecule has 20 heavy (non-hydrogen) atoms. The largest absolute Gasteiger partial charge is 0.410 e. The molecule has 0 unspecified atom stereocenters. The van der Waals surface area contributed by atoms with Gasteiger partial charge >= 0.3 is 6.09 Å². The molecule has 1 amide bonds. The van der Waals surface area contributed by atoms with Crippen molar-refractivity contribution in [1.29, 1.82) is 0 Å². The maximum absolute atomic E-state index is 11.1. The van der Waals surface area contributed by atoms with Crippen molar-refractivity contribution >= 4 is 6.09 Å². The molecular weight excluding hydrogens is 254 g/mol. The number of amides is 1. The molecule has 104 valence electrons. The van der Waals surface area contributed by atoms with Gasteiger partial charge in [0.1, 0.15) is 12.1 Å². The summed E-state index contributed by atoms with van der Waals surface area (Å²) in [7, 11) is 0. The van der Waals surface area contributed by atoms with Gasteiger partial charge in [0.2, 0.25) is 0 Å². The van der Waals surface area contributed by atoms with Gasteiger partial charge in [0.25, 0.3) is 0 Å². The third-order valence-corrected chi connectivity index (χ3v) is 2.89. The second kappa shape index (κ2) is 5.28. The Morgan fingerprint density at radius 2 is 1.85 bits per heavy atom. The summed E-state index contributed by atoms with van der Waals surface area (Å²) in [4.78, 5) is 19.1. The summed E-state index contributed by atoms with van der Waals surface area (Å²) >= 11 is 0. The van der Waals surface area contributed by atoms with E-state index in [1.807, 2.05) is 12.1 Å². The number of carbonyl (C=O) groups excluding carboxylic acids is 1. The van der Waals surface area contributed by atoms with Gasteiger partial charge in [0, 0.05) is 23.5 Å². The molecule has 5 heteroatoms. The first-order valence-corrected chi connectivity index (χ1v) is 6.26. The SMILES string of the molecule is CC(C)(C)c1cccc(OC(N)=O)c1-c1cncnc1. The standard InChI is InChI=1S/C15H17N3O2/c1-15(2,3)11-5-4-6-12(20-14(16)19)13(11)10-7-17-9-18-8-10/h4-9H,1-3H3,(H2,16,19). The summed E-state index contributed by atoms with van der Waals surface area (Å²) in [6.45, 7) is 6.26. The van der Waals surface area contributed by atoms with Gasteiger partial charge in [0.05, 0.1) is 0 Å². The van der Waals surface area contributed by atoms with Crippen molar-refractivity contribution in [3.05, 3.63) is 42.5 Å². The van der Waals surface area contributed by atoms with Crippen molar-refractivity contribution in [2.75, 3.05) is 0 Å². The normalized spacial score (nSPS) is 11.2. The Morgan fingerprint density at radius 3 is 2.40 bits per heavy atom. The fraction of sp³-hybridized carbons (Fsp3) is 0.267. The maximum atomic E-state index is 11.1. The number of primary amides is 1. The highest BCUT2D eigenvalue weighted by atomic mass is 16.5. The number of aromatic nitrogens is 2. The lowest BCUT2D eigenvalue weighted by Gasteiger charge is -2.24. The Hall–Kier alpha value is -2.43. The minimum absolute atomic E-state index is 0.123. The summed E-state index contributed by atoms with van der Waals surface area (Å²) < 4.78 is 5.12. The van der Waals surface area contributed by atoms with E-state index in [1.165, 1.54) is 6.33 Å². The van der Waals surface area contributed by atoms with E-state index >= 15 is 0 Å². The fourth-order valence-electron chi connectivity index (χ4n) is 2.08. The van der Waals surface area contributed by atoms with E-state index in [2.05, 4.69) is 30.7 Å². The smallest absolute Gasteiger partial charge is 0.409 e. The van der Waals surface area contributed by atoms with Gasteiger partial charge in [-0.2, -0.15) is 0 Å². The van der Waals surface area contributed by atoms with Crippen LogP contribution in [0.2, 0.25) is 0 Å². The van der Waals surface area contributed by atoms with E-state index in [0.29, 0.717) is 5.75 Å². The number of nitrogens with two attached hydrogens (primary N) is 1. The number of carbonyl (C=O) groups is 1. The molecular formula is C15H17N3O2. The van der Waals surface area contributed by atoms with Crippen LogP contribution in [0.25, 0.3) is 11.1 Å². The van der Waals surface area contributed by atoms with Gasteiger partial charge < -0.3 is 10.5 Å². The third kappa shape index (κ3) is 2.93. The minimum atomic E-state index is -0.839. The molecule has 0 spiro atoms. The molecule has 0 atom stereocenters. The van der Waals surface area contributed by atoms with Crippen LogP contribution >= 0.6 is 0 Å². The van der Waals surface area contributed by atoms with Crippen LogP contribution in [0, 0.1) is 0 Å². The number of hydrogen-bond donors (Lipinski definition) is 1. The van der Waals surface area contributed by atoms with Crippen LogP contribution in [0.3, 0.4) is 0 Å². The van der Waals surface area contributed by atoms with Crippen molar-refractivity contribution in [2.24, 2.45) is 5.73 Å². The van der Waals surface area contributed by atoms with E-state index in [-0.39, 0.29) is 5.41 Å². The zero-order valence-corrected chi connectivity index (χ0v) is 11.8. The van der Waals surface area contributed by atoms with E-state index in [0.717, 1.165) is 16.7 Å². The van der Waals surface area contributed by atoms with Gasteiger partial charge in [0.15, 0.2) is 0 Å². The molecule has 0 bridgehead atoms. The van der Waals surface area contributed by atoms with Crippen molar-refractivity contribution in [2.45, 2.75) is 26.2 Å². The van der Waals surface area contributed by atoms with Crippen LogP contribution < -0.4 is 10.5 Å². The summed E-state index contributed by atoms with van der Waals surface area (Å²) in [6, 6.07) is 5.55. The molecule has 1 aromatic heterocycles. The lowest BCUT2D eigenvalue weighted by Crippen LogP contribution is -2.19. The average molecular weight is 271 g/mol. The molecule has 0 saturated heterocycles. The molecule has 0 aliphatic carbocycles. The van der Waals surface area contributed by atoms with Gasteiger partial charge in [-0.05, 0) is 17.0 Å². The summed E-state index contributed by atoms with van der Waals surface area (Å²) in [5, 5.41) is 0. The zero-order valence-electron chi connectivity index (χ0n) is 11.8. The number of hydrogen-bond acceptors (Lipinski definition) is 4. The zero-order chi connectivity index (χ0) is 14.8. The topological polar surface area (TPSA) is 78.1 Å².